The van der Waals surface area contributed by atoms with Crippen LogP contribution in [0.5, 0.6) is 0 Å². The number of hydrogen-bond donors (Lipinski definition) is 2. The zero-order chi connectivity index (χ0) is 16.2. The van der Waals surface area contributed by atoms with Gasteiger partial charge in [0.05, 0.1) is 36.3 Å². The van der Waals surface area contributed by atoms with E-state index in [1.165, 1.54) is 12.4 Å². The summed E-state index contributed by atoms with van der Waals surface area (Å²) in [5, 5.41) is 37.7. The monoisotopic (exact) mass is 300 g/mol. The van der Waals surface area contributed by atoms with Gasteiger partial charge in [0.25, 0.3) is 0 Å². The van der Waals surface area contributed by atoms with Gasteiger partial charge >= 0.3 is 0 Å². The Balaban J connectivity index is 2.67. The normalized spacial score (nSPS) is 14.1. The molecule has 0 amide bonds. The minimum atomic E-state index is 0.488. The summed E-state index contributed by atoms with van der Waals surface area (Å²) < 4.78 is 0. The minimum Gasteiger partial charge on any atom is -0.411 e. The third kappa shape index (κ3) is 6.85. The smallest absolute Gasteiger partial charge is 0.0892 e. The van der Waals surface area contributed by atoms with E-state index in [1.54, 1.807) is 26.3 Å². The maximum Gasteiger partial charge on any atom is 0.0892 e. The fourth-order valence-electron chi connectivity index (χ4n) is 1.26. The molecule has 0 saturated carbocycles. The zero-order valence-electron chi connectivity index (χ0n) is 12.2. The SMILES string of the molecule is CC(/C=N\O)=N/N=C/c1ccc(/C=N/N=C(C)\C=N/O)cc1. The van der Waals surface area contributed by atoms with Gasteiger partial charge in [0.2, 0.25) is 0 Å². The molecule has 0 saturated heterocycles. The summed E-state index contributed by atoms with van der Waals surface area (Å²) in [6.07, 6.45) is 5.55. The summed E-state index contributed by atoms with van der Waals surface area (Å²) >= 11 is 0. The van der Waals surface area contributed by atoms with Crippen molar-refractivity contribution in [3.63, 3.8) is 0 Å². The number of rotatable bonds is 6. The van der Waals surface area contributed by atoms with Crippen LogP contribution in [-0.2, 0) is 0 Å². The van der Waals surface area contributed by atoms with Crippen LogP contribution < -0.4 is 0 Å². The lowest BCUT2D eigenvalue weighted by Gasteiger charge is -1.94. The van der Waals surface area contributed by atoms with E-state index in [0.29, 0.717) is 11.4 Å². The van der Waals surface area contributed by atoms with Gasteiger partial charge in [0.15, 0.2) is 0 Å². The average Bonchev–Trinajstić information content (AvgIpc) is 2.49. The Hall–Kier alpha value is -3.16. The molecule has 0 aliphatic rings. The molecule has 0 heterocycles. The standard InChI is InChI=1S/C14H16N6O2/c1-11(7-17-21)19-15-9-13-3-5-14(6-4-13)10-16-20-12(2)8-18-22/h3-10,21-22H,1-2H3/b15-9+,16-10+,17-7-,18-8-,19-11-,20-12-. The first kappa shape index (κ1) is 16.9. The first-order chi connectivity index (χ1) is 10.7. The fourth-order valence-corrected chi connectivity index (χ4v) is 1.26. The first-order valence-corrected chi connectivity index (χ1v) is 6.26. The van der Waals surface area contributed by atoms with Crippen LogP contribution in [0, 0.1) is 0 Å². The van der Waals surface area contributed by atoms with Crippen molar-refractivity contribution < 1.29 is 10.4 Å². The molecule has 0 aliphatic carbocycles. The molecule has 0 radical (unpaired) electrons. The van der Waals surface area contributed by atoms with Crippen molar-refractivity contribution in [2.45, 2.75) is 13.8 Å². The molecule has 0 aliphatic heterocycles. The second kappa shape index (κ2) is 9.70. The van der Waals surface area contributed by atoms with E-state index in [0.717, 1.165) is 11.1 Å². The largest absolute Gasteiger partial charge is 0.411 e. The van der Waals surface area contributed by atoms with Gasteiger partial charge in [-0.05, 0) is 25.0 Å². The van der Waals surface area contributed by atoms with Crippen LogP contribution in [0.3, 0.4) is 0 Å². The quantitative estimate of drug-likeness (QED) is 0.476. The number of hydrogen-bond acceptors (Lipinski definition) is 8. The summed E-state index contributed by atoms with van der Waals surface area (Å²) in [6, 6.07) is 7.40. The highest BCUT2D eigenvalue weighted by Gasteiger charge is 1.90. The summed E-state index contributed by atoms with van der Waals surface area (Å²) in [7, 11) is 0. The van der Waals surface area contributed by atoms with E-state index in [-0.39, 0.29) is 0 Å². The Morgan fingerprint density at radius 1 is 0.773 bits per heavy atom. The van der Waals surface area contributed by atoms with Crippen molar-refractivity contribution in [2.75, 3.05) is 0 Å². The number of nitrogens with zero attached hydrogens (tertiary/aromatic N) is 6. The van der Waals surface area contributed by atoms with Crippen LogP contribution in [0.4, 0.5) is 0 Å². The summed E-state index contributed by atoms with van der Waals surface area (Å²) in [5.74, 6) is 0. The van der Waals surface area contributed by atoms with Crippen molar-refractivity contribution in [1.29, 1.82) is 0 Å². The third-order valence-electron chi connectivity index (χ3n) is 2.27. The average molecular weight is 300 g/mol. The minimum absolute atomic E-state index is 0.488. The molecule has 1 aromatic carbocycles. The van der Waals surface area contributed by atoms with E-state index in [4.69, 9.17) is 10.4 Å². The van der Waals surface area contributed by atoms with E-state index in [1.807, 2.05) is 24.3 Å². The molecule has 0 atom stereocenters. The second-order valence-electron chi connectivity index (χ2n) is 4.13. The van der Waals surface area contributed by atoms with Gasteiger partial charge in [0, 0.05) is 0 Å². The predicted octanol–water partition coefficient (Wildman–Crippen LogP) is 2.20. The fraction of sp³-hybridized carbons (Fsp3) is 0.143. The van der Waals surface area contributed by atoms with Crippen molar-refractivity contribution in [3.8, 4) is 0 Å². The van der Waals surface area contributed by atoms with Gasteiger partial charge in [-0.25, -0.2) is 0 Å². The van der Waals surface area contributed by atoms with E-state index >= 15 is 0 Å². The molecule has 0 aromatic heterocycles. The Labute approximate surface area is 127 Å². The van der Waals surface area contributed by atoms with Crippen LogP contribution in [0.2, 0.25) is 0 Å². The van der Waals surface area contributed by atoms with Crippen molar-refractivity contribution in [1.82, 2.24) is 0 Å². The lowest BCUT2D eigenvalue weighted by Crippen LogP contribution is -1.91. The van der Waals surface area contributed by atoms with Crippen LogP contribution in [-0.4, -0.2) is 46.7 Å². The van der Waals surface area contributed by atoms with Crippen molar-refractivity contribution >= 4 is 36.3 Å². The Bertz CT molecular complexity index is 585. The van der Waals surface area contributed by atoms with Gasteiger partial charge in [-0.1, -0.05) is 34.6 Å². The van der Waals surface area contributed by atoms with E-state index < -0.39 is 0 Å². The molecule has 0 bridgehead atoms. The maximum absolute atomic E-state index is 8.31. The van der Waals surface area contributed by atoms with Gasteiger partial charge in [0.1, 0.15) is 0 Å². The molecular formula is C14H16N6O2. The molecule has 114 valence electrons. The number of oxime groups is 2. The molecule has 1 rings (SSSR count). The van der Waals surface area contributed by atoms with Gasteiger partial charge < -0.3 is 10.4 Å². The van der Waals surface area contributed by atoms with Gasteiger partial charge in [-0.15, -0.1) is 0 Å². The molecule has 0 fully saturated rings. The van der Waals surface area contributed by atoms with Crippen LogP contribution in [0.25, 0.3) is 0 Å². The molecule has 1 aromatic rings. The summed E-state index contributed by atoms with van der Waals surface area (Å²) in [6.45, 7) is 3.33. The Morgan fingerprint density at radius 3 is 1.45 bits per heavy atom. The van der Waals surface area contributed by atoms with Crippen molar-refractivity contribution in [2.24, 2.45) is 30.7 Å². The molecule has 0 unspecified atom stereocenters. The van der Waals surface area contributed by atoms with Crippen LogP contribution >= 0.6 is 0 Å². The van der Waals surface area contributed by atoms with Gasteiger partial charge in [-0.2, -0.15) is 20.4 Å². The van der Waals surface area contributed by atoms with E-state index in [9.17, 15) is 0 Å². The molecule has 22 heavy (non-hydrogen) atoms. The number of benzene rings is 1. The Morgan fingerprint density at radius 2 is 1.14 bits per heavy atom. The van der Waals surface area contributed by atoms with Crippen LogP contribution in [0.15, 0.2) is 55.0 Å². The maximum atomic E-state index is 8.31. The van der Waals surface area contributed by atoms with E-state index in [2.05, 4.69) is 30.7 Å². The topological polar surface area (TPSA) is 115 Å². The summed E-state index contributed by atoms with van der Waals surface area (Å²) in [5.41, 5.74) is 2.70. The molecule has 0 spiro atoms. The molecular weight excluding hydrogens is 284 g/mol. The van der Waals surface area contributed by atoms with Crippen LogP contribution in [0.1, 0.15) is 25.0 Å². The third-order valence-corrected chi connectivity index (χ3v) is 2.27. The molecule has 2 N–H and O–H groups in total. The predicted molar refractivity (Wildman–Crippen MR) is 88.4 cm³/mol. The molecule has 8 heteroatoms. The molecule has 8 nitrogen and oxygen atoms in total. The Kier molecular flexibility index (Phi) is 7.45. The van der Waals surface area contributed by atoms with Gasteiger partial charge in [-0.3, -0.25) is 0 Å². The lowest BCUT2D eigenvalue weighted by atomic mass is 10.2. The highest BCUT2D eigenvalue weighted by molar-refractivity contribution is 6.29. The van der Waals surface area contributed by atoms with Crippen molar-refractivity contribution in [3.05, 3.63) is 35.4 Å². The first-order valence-electron chi connectivity index (χ1n) is 6.26. The highest BCUT2D eigenvalue weighted by Crippen LogP contribution is 2.00. The lowest BCUT2D eigenvalue weighted by molar-refractivity contribution is 0.322. The zero-order valence-corrected chi connectivity index (χ0v) is 12.2. The summed E-state index contributed by atoms with van der Waals surface area (Å²) in [4.78, 5) is 0. The second-order valence-corrected chi connectivity index (χ2v) is 4.13. The highest BCUT2D eigenvalue weighted by atomic mass is 16.4.